The molecule has 6 nitrogen and oxygen atoms in total. The van der Waals surface area contributed by atoms with Crippen LogP contribution >= 0.6 is 0 Å². The number of methoxy groups -OCH3 is 1. The average Bonchev–Trinajstić information content (AvgIpc) is 2.96. The van der Waals surface area contributed by atoms with Gasteiger partial charge in [-0.25, -0.2) is 4.39 Å². The van der Waals surface area contributed by atoms with Crippen molar-refractivity contribution in [2.24, 2.45) is 0 Å². The van der Waals surface area contributed by atoms with E-state index < -0.39 is 35.7 Å². The van der Waals surface area contributed by atoms with Gasteiger partial charge in [-0.1, -0.05) is 0 Å². The molecule has 1 atom stereocenters. The number of carboxylic acids is 1. The van der Waals surface area contributed by atoms with Crippen molar-refractivity contribution >= 4 is 22.8 Å². The highest BCUT2D eigenvalue weighted by molar-refractivity contribution is 6.05. The predicted molar refractivity (Wildman–Crippen MR) is 102 cm³/mol. The SMILES string of the molecule is COc1cc2c(C(C)C(=O)O)c(C)n(C(=O)c3ccc(OC(F)(F)F)cc3)c2cc1F. The van der Waals surface area contributed by atoms with Crippen molar-refractivity contribution in [2.45, 2.75) is 26.1 Å². The number of aromatic nitrogens is 1. The molecular formula is C21H17F4NO5. The second kappa shape index (κ2) is 7.93. The molecule has 0 aliphatic rings. The molecule has 0 radical (unpaired) electrons. The third-order valence-corrected chi connectivity index (χ3v) is 4.87. The summed E-state index contributed by atoms with van der Waals surface area (Å²) in [6.07, 6.45) is -4.88. The first kappa shape index (κ1) is 22.1. The zero-order valence-corrected chi connectivity index (χ0v) is 16.6. The lowest BCUT2D eigenvalue weighted by Crippen LogP contribution is -2.18. The minimum Gasteiger partial charge on any atom is -0.494 e. The van der Waals surface area contributed by atoms with Gasteiger partial charge in [-0.05, 0) is 49.7 Å². The summed E-state index contributed by atoms with van der Waals surface area (Å²) in [4.78, 5) is 24.8. The maximum atomic E-state index is 14.4. The van der Waals surface area contributed by atoms with Gasteiger partial charge in [0.2, 0.25) is 0 Å². The van der Waals surface area contributed by atoms with Gasteiger partial charge < -0.3 is 14.6 Å². The van der Waals surface area contributed by atoms with Gasteiger partial charge in [0, 0.05) is 22.7 Å². The largest absolute Gasteiger partial charge is 0.573 e. The number of carbonyl (C=O) groups excluding carboxylic acids is 1. The fourth-order valence-electron chi connectivity index (χ4n) is 3.46. The van der Waals surface area contributed by atoms with Crippen molar-refractivity contribution in [3.05, 3.63) is 59.0 Å². The van der Waals surface area contributed by atoms with Crippen molar-refractivity contribution in [3.8, 4) is 11.5 Å². The molecular weight excluding hydrogens is 422 g/mol. The zero-order chi connectivity index (χ0) is 23.1. The molecule has 0 fully saturated rings. The Hall–Kier alpha value is -3.56. The Morgan fingerprint density at radius 1 is 1.13 bits per heavy atom. The number of benzene rings is 2. The number of halogens is 4. The van der Waals surface area contributed by atoms with Crippen LogP contribution in [0.4, 0.5) is 17.6 Å². The molecule has 0 spiro atoms. The number of carboxylic acid groups (broad SMARTS) is 1. The molecule has 1 unspecified atom stereocenters. The molecule has 10 heteroatoms. The lowest BCUT2D eigenvalue weighted by molar-refractivity contribution is -0.274. The molecule has 0 aliphatic heterocycles. The van der Waals surface area contributed by atoms with E-state index in [1.165, 1.54) is 27.0 Å². The zero-order valence-electron chi connectivity index (χ0n) is 16.6. The van der Waals surface area contributed by atoms with Gasteiger partial charge >= 0.3 is 12.3 Å². The number of nitrogens with zero attached hydrogens (tertiary/aromatic N) is 1. The van der Waals surface area contributed by atoms with Gasteiger partial charge in [0.25, 0.3) is 5.91 Å². The summed E-state index contributed by atoms with van der Waals surface area (Å²) in [6, 6.07) is 6.59. The fraction of sp³-hybridized carbons (Fsp3) is 0.238. The van der Waals surface area contributed by atoms with Crippen molar-refractivity contribution < 1.29 is 41.7 Å². The maximum Gasteiger partial charge on any atom is 0.573 e. The highest BCUT2D eigenvalue weighted by atomic mass is 19.4. The van der Waals surface area contributed by atoms with Crippen LogP contribution in [0, 0.1) is 12.7 Å². The highest BCUT2D eigenvalue weighted by Crippen LogP contribution is 2.36. The lowest BCUT2D eigenvalue weighted by Gasteiger charge is -2.11. The highest BCUT2D eigenvalue weighted by Gasteiger charge is 2.31. The molecule has 1 aromatic heterocycles. The van der Waals surface area contributed by atoms with Gasteiger partial charge in [0.15, 0.2) is 11.6 Å². The number of hydrogen-bond acceptors (Lipinski definition) is 4. The van der Waals surface area contributed by atoms with Gasteiger partial charge in [0.1, 0.15) is 5.75 Å². The van der Waals surface area contributed by atoms with Crippen LogP contribution in [0.15, 0.2) is 36.4 Å². The second-order valence-corrected chi connectivity index (χ2v) is 6.78. The summed E-state index contributed by atoms with van der Waals surface area (Å²) in [5, 5.41) is 9.80. The molecule has 0 bridgehead atoms. The van der Waals surface area contributed by atoms with Gasteiger partial charge in [-0.15, -0.1) is 13.2 Å². The molecule has 1 N–H and O–H groups in total. The number of fused-ring (bicyclic) bond motifs is 1. The number of ether oxygens (including phenoxy) is 2. The van der Waals surface area contributed by atoms with Crippen LogP contribution < -0.4 is 9.47 Å². The van der Waals surface area contributed by atoms with E-state index in [0.717, 1.165) is 34.9 Å². The van der Waals surface area contributed by atoms with Gasteiger partial charge in [-0.2, -0.15) is 0 Å². The van der Waals surface area contributed by atoms with Crippen LogP contribution in [0.1, 0.15) is 34.5 Å². The Labute approximate surface area is 173 Å². The number of rotatable bonds is 5. The summed E-state index contributed by atoms with van der Waals surface area (Å²) in [7, 11) is 1.25. The molecule has 0 amide bonds. The number of hydrogen-bond donors (Lipinski definition) is 1. The fourth-order valence-corrected chi connectivity index (χ4v) is 3.46. The molecule has 0 aliphatic carbocycles. The lowest BCUT2D eigenvalue weighted by atomic mass is 9.98. The van der Waals surface area contributed by atoms with Crippen molar-refractivity contribution in [3.63, 3.8) is 0 Å². The summed E-state index contributed by atoms with van der Waals surface area (Å²) in [5.74, 6) is -4.22. The molecule has 0 saturated heterocycles. The topological polar surface area (TPSA) is 77.8 Å². The molecule has 3 aromatic rings. The van der Waals surface area contributed by atoms with E-state index in [4.69, 9.17) is 4.74 Å². The number of alkyl halides is 3. The van der Waals surface area contributed by atoms with Gasteiger partial charge in [-0.3, -0.25) is 14.2 Å². The van der Waals surface area contributed by atoms with E-state index in [9.17, 15) is 32.3 Å². The first-order valence-electron chi connectivity index (χ1n) is 8.96. The van der Waals surface area contributed by atoms with Crippen molar-refractivity contribution in [1.29, 1.82) is 0 Å². The predicted octanol–water partition coefficient (Wildman–Crippen LogP) is 4.87. The van der Waals surface area contributed by atoms with Gasteiger partial charge in [0.05, 0.1) is 18.5 Å². The minimum absolute atomic E-state index is 0.000258. The summed E-state index contributed by atoms with van der Waals surface area (Å²) < 4.78 is 61.3. The van der Waals surface area contributed by atoms with Crippen molar-refractivity contribution in [2.75, 3.05) is 7.11 Å². The second-order valence-electron chi connectivity index (χ2n) is 6.78. The quantitative estimate of drug-likeness (QED) is 0.574. The Bertz CT molecular complexity index is 1170. The van der Waals surface area contributed by atoms with E-state index in [-0.39, 0.29) is 22.5 Å². The molecule has 0 saturated carbocycles. The third kappa shape index (κ3) is 4.18. The van der Waals surface area contributed by atoms with E-state index >= 15 is 0 Å². The molecule has 164 valence electrons. The first-order valence-corrected chi connectivity index (χ1v) is 8.96. The average molecular weight is 439 g/mol. The molecule has 2 aromatic carbocycles. The summed E-state index contributed by atoms with van der Waals surface area (Å²) >= 11 is 0. The maximum absolute atomic E-state index is 14.4. The van der Waals surface area contributed by atoms with Crippen LogP contribution in [-0.4, -0.2) is 35.0 Å². The molecule has 31 heavy (non-hydrogen) atoms. The Morgan fingerprint density at radius 2 is 1.74 bits per heavy atom. The van der Waals surface area contributed by atoms with E-state index in [1.807, 2.05) is 0 Å². The van der Waals surface area contributed by atoms with E-state index in [1.54, 1.807) is 0 Å². The van der Waals surface area contributed by atoms with Crippen LogP contribution in [0.5, 0.6) is 11.5 Å². The summed E-state index contributed by atoms with van der Waals surface area (Å²) in [6.45, 7) is 2.94. The number of carbonyl (C=O) groups is 2. The molecule has 3 rings (SSSR count). The van der Waals surface area contributed by atoms with Crippen LogP contribution in [0.2, 0.25) is 0 Å². The van der Waals surface area contributed by atoms with Crippen LogP contribution in [0.25, 0.3) is 10.9 Å². The summed E-state index contributed by atoms with van der Waals surface area (Å²) in [5.41, 5.74) is 0.671. The Kier molecular flexibility index (Phi) is 5.66. The number of aliphatic carboxylic acids is 1. The molecule has 1 heterocycles. The van der Waals surface area contributed by atoms with Crippen LogP contribution in [-0.2, 0) is 4.79 Å². The van der Waals surface area contributed by atoms with E-state index in [0.29, 0.717) is 10.9 Å². The minimum atomic E-state index is -4.88. The smallest absolute Gasteiger partial charge is 0.494 e. The standard InChI is InChI=1S/C21H17F4NO5/c1-10(20(28)29)18-11(2)26(16-9-15(22)17(30-3)8-14(16)18)19(27)12-4-6-13(7-5-12)31-21(23,24)25/h4-10H,1-3H3,(H,28,29). The third-order valence-electron chi connectivity index (χ3n) is 4.87. The Balaban J connectivity index is 2.17. The van der Waals surface area contributed by atoms with Crippen LogP contribution in [0.3, 0.4) is 0 Å². The Morgan fingerprint density at radius 3 is 2.26 bits per heavy atom. The van der Waals surface area contributed by atoms with Crippen molar-refractivity contribution in [1.82, 2.24) is 4.57 Å². The monoisotopic (exact) mass is 439 g/mol. The normalized spacial score (nSPS) is 12.6. The first-order chi connectivity index (χ1) is 14.4. The van der Waals surface area contributed by atoms with E-state index in [2.05, 4.69) is 4.74 Å².